The number of hydrogen-bond acceptors (Lipinski definition) is 5. The van der Waals surface area contributed by atoms with E-state index in [2.05, 4.69) is 5.32 Å². The summed E-state index contributed by atoms with van der Waals surface area (Å²) in [6.07, 6.45) is 1.95. The Morgan fingerprint density at radius 1 is 1.38 bits per heavy atom. The van der Waals surface area contributed by atoms with Gasteiger partial charge in [-0.05, 0) is 31.0 Å². The highest BCUT2D eigenvalue weighted by molar-refractivity contribution is 7.89. The molecule has 0 unspecified atom stereocenters. The molecule has 1 aromatic carbocycles. The second-order valence-electron chi connectivity index (χ2n) is 5.91. The molecule has 1 atom stereocenters. The molecule has 146 valence electrons. The van der Waals surface area contributed by atoms with Crippen LogP contribution in [0.15, 0.2) is 23.1 Å². The van der Waals surface area contributed by atoms with Crippen LogP contribution in [0.2, 0.25) is 5.02 Å². The van der Waals surface area contributed by atoms with Crippen molar-refractivity contribution in [1.29, 1.82) is 0 Å². The number of nitrogens with one attached hydrogen (secondary N) is 1. The number of carbonyl (C=O) groups is 1. The lowest BCUT2D eigenvalue weighted by Crippen LogP contribution is -2.35. The number of carbonyl (C=O) groups excluding carboxylic acids is 1. The fourth-order valence-corrected chi connectivity index (χ4v) is 4.58. The van der Waals surface area contributed by atoms with Gasteiger partial charge in [-0.1, -0.05) is 25.4 Å². The summed E-state index contributed by atoms with van der Waals surface area (Å²) in [6, 6.07) is 4.34. The maximum absolute atomic E-state index is 12.8. The Hall–Kier alpha value is -1.35. The van der Waals surface area contributed by atoms with Crippen LogP contribution < -0.4 is 10.1 Å². The predicted octanol–water partition coefficient (Wildman–Crippen LogP) is 2.04. The van der Waals surface area contributed by atoms with Gasteiger partial charge in [0.05, 0.1) is 6.10 Å². The molecule has 0 spiro atoms. The quantitative estimate of drug-likeness (QED) is 0.680. The molecule has 1 aliphatic heterocycles. The molecule has 0 aliphatic carbocycles. The standard InChI is InChI=1S/C17H25ClN2O5S/c1-3-20(4-2)26(22,23)16-10-13(18)7-8-15(16)25-12-17(21)19-11-14-6-5-9-24-14/h7-8,10,14H,3-6,9,11-12H2,1-2H3,(H,19,21)/t14-/m0/s1. The molecule has 7 nitrogen and oxygen atoms in total. The van der Waals surface area contributed by atoms with Crippen LogP contribution in [0, 0.1) is 0 Å². The average molecular weight is 405 g/mol. The van der Waals surface area contributed by atoms with Crippen LogP contribution in [-0.2, 0) is 19.6 Å². The third kappa shape index (κ3) is 5.33. The molecule has 0 aromatic heterocycles. The molecule has 9 heteroatoms. The number of amides is 1. The third-order valence-corrected chi connectivity index (χ3v) is 6.44. The Bertz CT molecular complexity index is 716. The highest BCUT2D eigenvalue weighted by Gasteiger charge is 2.26. The van der Waals surface area contributed by atoms with Gasteiger partial charge < -0.3 is 14.8 Å². The van der Waals surface area contributed by atoms with E-state index in [0.29, 0.717) is 26.2 Å². The predicted molar refractivity (Wildman–Crippen MR) is 99.0 cm³/mol. The zero-order valence-electron chi connectivity index (χ0n) is 15.0. The lowest BCUT2D eigenvalue weighted by molar-refractivity contribution is -0.123. The van der Waals surface area contributed by atoms with Gasteiger partial charge >= 0.3 is 0 Å². The highest BCUT2D eigenvalue weighted by atomic mass is 35.5. The van der Waals surface area contributed by atoms with Gasteiger partial charge in [0.1, 0.15) is 10.6 Å². The van der Waals surface area contributed by atoms with Crippen LogP contribution >= 0.6 is 11.6 Å². The van der Waals surface area contributed by atoms with Crippen LogP contribution in [-0.4, -0.2) is 57.6 Å². The molecule has 26 heavy (non-hydrogen) atoms. The van der Waals surface area contributed by atoms with Crippen molar-refractivity contribution in [3.63, 3.8) is 0 Å². The summed E-state index contributed by atoms with van der Waals surface area (Å²) in [5.74, 6) is -0.227. The molecule has 0 bridgehead atoms. The fourth-order valence-electron chi connectivity index (χ4n) is 2.73. The summed E-state index contributed by atoms with van der Waals surface area (Å²) in [5.41, 5.74) is 0. The highest BCUT2D eigenvalue weighted by Crippen LogP contribution is 2.29. The van der Waals surface area contributed by atoms with Crippen molar-refractivity contribution in [2.45, 2.75) is 37.7 Å². The molecule has 1 fully saturated rings. The van der Waals surface area contributed by atoms with E-state index < -0.39 is 10.0 Å². The largest absolute Gasteiger partial charge is 0.482 e. The Balaban J connectivity index is 2.05. The van der Waals surface area contributed by atoms with Crippen molar-refractivity contribution in [1.82, 2.24) is 9.62 Å². The van der Waals surface area contributed by atoms with Gasteiger partial charge in [0.25, 0.3) is 5.91 Å². The topological polar surface area (TPSA) is 84.9 Å². The molecule has 1 N–H and O–H groups in total. The van der Waals surface area contributed by atoms with E-state index in [1.165, 1.54) is 22.5 Å². The maximum Gasteiger partial charge on any atom is 0.258 e. The summed E-state index contributed by atoms with van der Waals surface area (Å²) in [5, 5.41) is 3.02. The zero-order valence-corrected chi connectivity index (χ0v) is 16.6. The average Bonchev–Trinajstić information content (AvgIpc) is 3.13. The maximum atomic E-state index is 12.8. The molecular formula is C17H25ClN2O5S. The first-order chi connectivity index (χ1) is 12.4. The van der Waals surface area contributed by atoms with Crippen molar-refractivity contribution in [3.8, 4) is 5.75 Å². The minimum Gasteiger partial charge on any atom is -0.482 e. The van der Waals surface area contributed by atoms with Crippen LogP contribution in [0.25, 0.3) is 0 Å². The molecule has 1 aromatic rings. The molecule has 1 saturated heterocycles. The van der Waals surface area contributed by atoms with Crippen LogP contribution in [0.3, 0.4) is 0 Å². The molecule has 1 amide bonds. The van der Waals surface area contributed by atoms with Gasteiger partial charge in [-0.15, -0.1) is 0 Å². The van der Waals surface area contributed by atoms with Crippen molar-refractivity contribution in [2.24, 2.45) is 0 Å². The Kier molecular flexibility index (Phi) is 7.69. The number of hydrogen-bond donors (Lipinski definition) is 1. The van der Waals surface area contributed by atoms with Crippen molar-refractivity contribution in [2.75, 3.05) is 32.8 Å². The summed E-state index contributed by atoms with van der Waals surface area (Å²) in [7, 11) is -3.76. The number of sulfonamides is 1. The van der Waals surface area contributed by atoms with E-state index in [1.54, 1.807) is 13.8 Å². The summed E-state index contributed by atoms with van der Waals surface area (Å²) in [4.78, 5) is 11.9. The van der Waals surface area contributed by atoms with Gasteiger partial charge in [0.15, 0.2) is 6.61 Å². The minimum atomic E-state index is -3.76. The van der Waals surface area contributed by atoms with Gasteiger partial charge in [0, 0.05) is 31.3 Å². The van der Waals surface area contributed by atoms with E-state index in [-0.39, 0.29) is 34.3 Å². The van der Waals surface area contributed by atoms with Gasteiger partial charge in [-0.25, -0.2) is 8.42 Å². The molecule has 0 saturated carbocycles. The first-order valence-corrected chi connectivity index (χ1v) is 10.5. The summed E-state index contributed by atoms with van der Waals surface area (Å²) in [6.45, 7) is 5.02. The van der Waals surface area contributed by atoms with Crippen molar-refractivity contribution < 1.29 is 22.7 Å². The number of halogens is 1. The lowest BCUT2D eigenvalue weighted by atomic mass is 10.2. The van der Waals surface area contributed by atoms with Crippen LogP contribution in [0.5, 0.6) is 5.75 Å². The fraction of sp³-hybridized carbons (Fsp3) is 0.588. The first kappa shape index (κ1) is 21.0. The lowest BCUT2D eigenvalue weighted by Gasteiger charge is -2.20. The van der Waals surface area contributed by atoms with E-state index in [4.69, 9.17) is 21.1 Å². The first-order valence-electron chi connectivity index (χ1n) is 8.69. The number of benzene rings is 1. The normalized spacial score (nSPS) is 17.5. The Labute approximate surface area is 159 Å². The van der Waals surface area contributed by atoms with Gasteiger partial charge in [-0.3, -0.25) is 4.79 Å². The monoisotopic (exact) mass is 404 g/mol. The zero-order chi connectivity index (χ0) is 19.2. The van der Waals surface area contributed by atoms with Crippen molar-refractivity contribution >= 4 is 27.5 Å². The molecule has 0 radical (unpaired) electrons. The minimum absolute atomic E-state index is 0.0353. The van der Waals surface area contributed by atoms with Gasteiger partial charge in [0.2, 0.25) is 10.0 Å². The number of rotatable bonds is 9. The molecule has 1 heterocycles. The van der Waals surface area contributed by atoms with Gasteiger partial charge in [-0.2, -0.15) is 4.31 Å². The summed E-state index contributed by atoms with van der Waals surface area (Å²) >= 11 is 5.97. The van der Waals surface area contributed by atoms with Crippen LogP contribution in [0.4, 0.5) is 0 Å². The molecule has 1 aliphatic rings. The second-order valence-corrected chi connectivity index (χ2v) is 8.25. The summed E-state index contributed by atoms with van der Waals surface area (Å²) < 4.78 is 37.8. The molecular weight excluding hydrogens is 380 g/mol. The Morgan fingerprint density at radius 3 is 2.73 bits per heavy atom. The number of nitrogens with zero attached hydrogens (tertiary/aromatic N) is 1. The van der Waals surface area contributed by atoms with E-state index in [0.717, 1.165) is 12.8 Å². The third-order valence-electron chi connectivity index (χ3n) is 4.14. The molecule has 2 rings (SSSR count). The smallest absolute Gasteiger partial charge is 0.258 e. The second kappa shape index (κ2) is 9.55. The SMILES string of the molecule is CCN(CC)S(=O)(=O)c1cc(Cl)ccc1OCC(=O)NC[C@@H]1CCCO1. The van der Waals surface area contributed by atoms with Crippen molar-refractivity contribution in [3.05, 3.63) is 23.2 Å². The van der Waals surface area contributed by atoms with E-state index >= 15 is 0 Å². The van der Waals surface area contributed by atoms with Crippen LogP contribution in [0.1, 0.15) is 26.7 Å². The Morgan fingerprint density at radius 2 is 2.12 bits per heavy atom. The number of ether oxygens (including phenoxy) is 2. The van der Waals surface area contributed by atoms with E-state index in [1.807, 2.05) is 0 Å². The van der Waals surface area contributed by atoms with E-state index in [9.17, 15) is 13.2 Å².